The highest BCUT2D eigenvalue weighted by Crippen LogP contribution is 2.32. The van der Waals surface area contributed by atoms with Crippen molar-refractivity contribution in [3.63, 3.8) is 0 Å². The first kappa shape index (κ1) is 20.5. The number of rotatable bonds is 6. The number of amides is 1. The molecular weight excluding hydrogens is 408 g/mol. The van der Waals surface area contributed by atoms with Gasteiger partial charge in [-0.2, -0.15) is 4.98 Å². The fourth-order valence-electron chi connectivity index (χ4n) is 4.15. The molecule has 0 unspecified atom stereocenters. The summed E-state index contributed by atoms with van der Waals surface area (Å²) >= 11 is 0. The van der Waals surface area contributed by atoms with Crippen molar-refractivity contribution in [2.45, 2.75) is 32.9 Å². The van der Waals surface area contributed by atoms with Gasteiger partial charge in [0.1, 0.15) is 0 Å². The zero-order valence-corrected chi connectivity index (χ0v) is 18.0. The van der Waals surface area contributed by atoms with Gasteiger partial charge in [-0.25, -0.2) is 0 Å². The summed E-state index contributed by atoms with van der Waals surface area (Å²) in [4.78, 5) is 19.4. The summed E-state index contributed by atoms with van der Waals surface area (Å²) in [5.41, 5.74) is 3.12. The first-order chi connectivity index (χ1) is 15.6. The number of nitrogens with zero attached hydrogens (tertiary/aromatic N) is 3. The van der Waals surface area contributed by atoms with Crippen LogP contribution >= 0.6 is 0 Å². The smallest absolute Gasteiger partial charge is 0.241 e. The topological polar surface area (TPSA) is 89.7 Å². The summed E-state index contributed by atoms with van der Waals surface area (Å²) in [6.45, 7) is 5.03. The summed E-state index contributed by atoms with van der Waals surface area (Å²) < 4.78 is 16.2. The molecule has 0 aliphatic carbocycles. The van der Waals surface area contributed by atoms with E-state index >= 15 is 0 Å². The number of nitrogens with one attached hydrogen (secondary N) is 1. The van der Waals surface area contributed by atoms with Gasteiger partial charge in [0.05, 0.1) is 6.54 Å². The maximum atomic E-state index is 12.6. The van der Waals surface area contributed by atoms with E-state index < -0.39 is 0 Å². The maximum absolute atomic E-state index is 12.6. The average molecular weight is 434 g/mol. The van der Waals surface area contributed by atoms with Gasteiger partial charge in [0.15, 0.2) is 11.5 Å². The number of likely N-dealkylation sites (tertiary alicyclic amines) is 1. The van der Waals surface area contributed by atoms with Crippen molar-refractivity contribution < 1.29 is 18.8 Å². The standard InChI is InChI=1S/C24H26N4O4/c1-16-3-2-4-19(11-16)23-26-22(32-27-23)14-28-9-7-18(8-10-28)24(29)25-13-17-5-6-20-21(12-17)31-15-30-20/h2-6,11-12,18H,7-10,13-15H2,1H3,(H,25,29). The van der Waals surface area contributed by atoms with Gasteiger partial charge in [-0.3, -0.25) is 9.69 Å². The van der Waals surface area contributed by atoms with E-state index in [4.69, 9.17) is 14.0 Å². The molecule has 1 fully saturated rings. The average Bonchev–Trinajstić information content (AvgIpc) is 3.47. The fourth-order valence-corrected chi connectivity index (χ4v) is 4.15. The third-order valence-corrected chi connectivity index (χ3v) is 5.97. The second-order valence-corrected chi connectivity index (χ2v) is 8.34. The third-order valence-electron chi connectivity index (χ3n) is 5.97. The number of aryl methyl sites for hydroxylation is 1. The van der Waals surface area contributed by atoms with Gasteiger partial charge in [-0.15, -0.1) is 0 Å². The van der Waals surface area contributed by atoms with E-state index in [1.165, 1.54) is 0 Å². The molecule has 0 atom stereocenters. The highest BCUT2D eigenvalue weighted by Gasteiger charge is 2.26. The summed E-state index contributed by atoms with van der Waals surface area (Å²) in [6.07, 6.45) is 1.62. The molecule has 5 rings (SSSR count). The van der Waals surface area contributed by atoms with Crippen molar-refractivity contribution in [2.24, 2.45) is 5.92 Å². The van der Waals surface area contributed by atoms with Gasteiger partial charge >= 0.3 is 0 Å². The Morgan fingerprint density at radius 3 is 2.81 bits per heavy atom. The first-order valence-corrected chi connectivity index (χ1v) is 10.9. The van der Waals surface area contributed by atoms with Crippen LogP contribution in [0.5, 0.6) is 11.5 Å². The lowest BCUT2D eigenvalue weighted by Gasteiger charge is -2.30. The molecule has 3 heterocycles. The van der Waals surface area contributed by atoms with E-state index in [9.17, 15) is 4.79 Å². The Labute approximate surface area is 186 Å². The molecule has 0 saturated carbocycles. The second-order valence-electron chi connectivity index (χ2n) is 8.34. The number of aromatic nitrogens is 2. The molecule has 1 amide bonds. The second kappa shape index (κ2) is 9.00. The molecule has 0 spiro atoms. The Morgan fingerprint density at radius 1 is 1.12 bits per heavy atom. The zero-order valence-electron chi connectivity index (χ0n) is 18.0. The largest absolute Gasteiger partial charge is 0.454 e. The minimum atomic E-state index is 0.0193. The summed E-state index contributed by atoms with van der Waals surface area (Å²) in [7, 11) is 0. The van der Waals surface area contributed by atoms with E-state index in [1.807, 2.05) is 49.4 Å². The van der Waals surface area contributed by atoms with Crippen LogP contribution in [0.25, 0.3) is 11.4 Å². The molecule has 1 N–H and O–H groups in total. The van der Waals surface area contributed by atoms with Crippen molar-refractivity contribution in [3.05, 3.63) is 59.5 Å². The number of ether oxygens (including phenoxy) is 2. The summed E-state index contributed by atoms with van der Waals surface area (Å²) in [5.74, 6) is 2.82. The van der Waals surface area contributed by atoms with Crippen LogP contribution < -0.4 is 14.8 Å². The van der Waals surface area contributed by atoms with Crippen LogP contribution in [-0.2, 0) is 17.9 Å². The highest BCUT2D eigenvalue weighted by atomic mass is 16.7. The van der Waals surface area contributed by atoms with E-state index in [2.05, 4.69) is 20.4 Å². The normalized spacial score (nSPS) is 16.3. The molecule has 1 aromatic heterocycles. The van der Waals surface area contributed by atoms with Crippen LogP contribution in [0.3, 0.4) is 0 Å². The molecule has 3 aromatic rings. The first-order valence-electron chi connectivity index (χ1n) is 10.9. The van der Waals surface area contributed by atoms with Gasteiger partial charge in [-0.1, -0.05) is 35.0 Å². The Hall–Kier alpha value is -3.39. The molecule has 8 nitrogen and oxygen atoms in total. The van der Waals surface area contributed by atoms with E-state index in [0.717, 1.165) is 54.1 Å². The van der Waals surface area contributed by atoms with Crippen LogP contribution in [0.15, 0.2) is 47.0 Å². The third kappa shape index (κ3) is 4.60. The zero-order chi connectivity index (χ0) is 21.9. The molecule has 32 heavy (non-hydrogen) atoms. The minimum absolute atomic E-state index is 0.0193. The van der Waals surface area contributed by atoms with E-state index in [0.29, 0.717) is 24.8 Å². The van der Waals surface area contributed by atoms with E-state index in [1.54, 1.807) is 0 Å². The molecular formula is C24H26N4O4. The van der Waals surface area contributed by atoms with Gasteiger partial charge in [0.2, 0.25) is 24.4 Å². The molecule has 0 radical (unpaired) electrons. The predicted octanol–water partition coefficient (Wildman–Crippen LogP) is 3.30. The molecule has 2 aromatic carbocycles. The Bertz CT molecular complexity index is 1100. The number of piperidine rings is 1. The molecule has 8 heteroatoms. The van der Waals surface area contributed by atoms with Crippen molar-refractivity contribution in [2.75, 3.05) is 19.9 Å². The number of hydrogen-bond acceptors (Lipinski definition) is 7. The minimum Gasteiger partial charge on any atom is -0.454 e. The summed E-state index contributed by atoms with van der Waals surface area (Å²) in [5, 5.41) is 7.17. The van der Waals surface area contributed by atoms with Crippen LogP contribution in [0.2, 0.25) is 0 Å². The van der Waals surface area contributed by atoms with Crippen LogP contribution in [-0.4, -0.2) is 40.8 Å². The van der Waals surface area contributed by atoms with Crippen molar-refractivity contribution in [1.82, 2.24) is 20.4 Å². The fraction of sp³-hybridized carbons (Fsp3) is 0.375. The van der Waals surface area contributed by atoms with Gasteiger partial charge in [-0.05, 0) is 56.6 Å². The maximum Gasteiger partial charge on any atom is 0.241 e. The van der Waals surface area contributed by atoms with Gasteiger partial charge in [0.25, 0.3) is 0 Å². The quantitative estimate of drug-likeness (QED) is 0.637. The number of carbonyl (C=O) groups excluding carboxylic acids is 1. The predicted molar refractivity (Wildman–Crippen MR) is 117 cm³/mol. The SMILES string of the molecule is Cc1cccc(-c2noc(CN3CCC(C(=O)NCc4ccc5c(c4)OCO5)CC3)n2)c1. The van der Waals surface area contributed by atoms with Gasteiger partial charge < -0.3 is 19.3 Å². The van der Waals surface area contributed by atoms with Gasteiger partial charge in [0, 0.05) is 18.0 Å². The van der Waals surface area contributed by atoms with Crippen molar-refractivity contribution in [1.29, 1.82) is 0 Å². The van der Waals surface area contributed by atoms with Crippen molar-refractivity contribution in [3.8, 4) is 22.9 Å². The highest BCUT2D eigenvalue weighted by molar-refractivity contribution is 5.78. The molecule has 166 valence electrons. The number of carbonyl (C=O) groups is 1. The Morgan fingerprint density at radius 2 is 1.97 bits per heavy atom. The number of benzene rings is 2. The van der Waals surface area contributed by atoms with Crippen LogP contribution in [0, 0.1) is 12.8 Å². The molecule has 1 saturated heterocycles. The number of hydrogen-bond donors (Lipinski definition) is 1. The Kier molecular flexibility index (Phi) is 5.77. The van der Waals surface area contributed by atoms with Crippen molar-refractivity contribution >= 4 is 5.91 Å². The molecule has 0 bridgehead atoms. The lowest BCUT2D eigenvalue weighted by Crippen LogP contribution is -2.40. The molecule has 2 aliphatic heterocycles. The number of fused-ring (bicyclic) bond motifs is 1. The molecule has 2 aliphatic rings. The van der Waals surface area contributed by atoms with Crippen LogP contribution in [0.4, 0.5) is 0 Å². The monoisotopic (exact) mass is 434 g/mol. The summed E-state index contributed by atoms with van der Waals surface area (Å²) in [6, 6.07) is 13.8. The Balaban J connectivity index is 1.09. The lowest BCUT2D eigenvalue weighted by molar-refractivity contribution is -0.126. The van der Waals surface area contributed by atoms with E-state index in [-0.39, 0.29) is 18.6 Å². The van der Waals surface area contributed by atoms with Crippen LogP contribution in [0.1, 0.15) is 29.9 Å². The lowest BCUT2D eigenvalue weighted by atomic mass is 9.96.